The first-order valence-electron chi connectivity index (χ1n) is 7.32. The lowest BCUT2D eigenvalue weighted by molar-refractivity contribution is 0.239. The zero-order chi connectivity index (χ0) is 14.5. The van der Waals surface area contributed by atoms with Crippen LogP contribution >= 0.6 is 11.3 Å². The van der Waals surface area contributed by atoms with Crippen LogP contribution < -0.4 is 10.6 Å². The van der Waals surface area contributed by atoms with Crippen LogP contribution in [-0.2, 0) is 0 Å². The number of anilines is 1. The Morgan fingerprint density at radius 3 is 2.65 bits per heavy atom. The average Bonchev–Trinajstić information content (AvgIpc) is 2.99. The number of aromatic nitrogens is 1. The van der Waals surface area contributed by atoms with E-state index in [1.165, 1.54) is 24.2 Å². The molecule has 2 amide bonds. The molecule has 20 heavy (non-hydrogen) atoms. The summed E-state index contributed by atoms with van der Waals surface area (Å²) in [5.74, 6) is 0. The number of aryl methyl sites for hydroxylation is 2. The monoisotopic (exact) mass is 296 g/mol. The highest BCUT2D eigenvalue weighted by molar-refractivity contribution is 7.15. The molecule has 2 heterocycles. The van der Waals surface area contributed by atoms with Gasteiger partial charge in [0.1, 0.15) is 0 Å². The second kappa shape index (κ2) is 7.04. The molecule has 1 unspecified atom stereocenters. The molecule has 6 heteroatoms. The highest BCUT2D eigenvalue weighted by Crippen LogP contribution is 2.20. The number of nitrogens with zero attached hydrogens (tertiary/aromatic N) is 2. The van der Waals surface area contributed by atoms with E-state index in [2.05, 4.69) is 27.4 Å². The van der Waals surface area contributed by atoms with Gasteiger partial charge in [0.15, 0.2) is 5.13 Å². The van der Waals surface area contributed by atoms with E-state index >= 15 is 0 Å². The van der Waals surface area contributed by atoms with Gasteiger partial charge >= 0.3 is 6.03 Å². The van der Waals surface area contributed by atoms with Gasteiger partial charge in [0.05, 0.1) is 5.69 Å². The minimum atomic E-state index is -0.148. The summed E-state index contributed by atoms with van der Waals surface area (Å²) in [5, 5.41) is 6.55. The molecule has 0 aliphatic carbocycles. The van der Waals surface area contributed by atoms with Crippen molar-refractivity contribution in [1.29, 1.82) is 0 Å². The van der Waals surface area contributed by atoms with E-state index in [0.29, 0.717) is 5.13 Å². The maximum Gasteiger partial charge on any atom is 0.321 e. The molecule has 1 atom stereocenters. The maximum absolute atomic E-state index is 12.0. The largest absolute Gasteiger partial charge is 0.334 e. The van der Waals surface area contributed by atoms with Crippen molar-refractivity contribution in [3.8, 4) is 0 Å². The smallest absolute Gasteiger partial charge is 0.321 e. The van der Waals surface area contributed by atoms with Crippen LogP contribution in [-0.4, -0.2) is 41.6 Å². The van der Waals surface area contributed by atoms with Crippen LogP contribution in [0, 0.1) is 13.8 Å². The molecule has 1 aromatic rings. The van der Waals surface area contributed by atoms with E-state index in [4.69, 9.17) is 0 Å². The molecule has 1 aromatic heterocycles. The van der Waals surface area contributed by atoms with Crippen molar-refractivity contribution < 1.29 is 4.79 Å². The first kappa shape index (κ1) is 15.3. The minimum absolute atomic E-state index is 0.148. The van der Waals surface area contributed by atoms with Gasteiger partial charge in [-0.05, 0) is 46.2 Å². The Labute approximate surface area is 124 Å². The van der Waals surface area contributed by atoms with Gasteiger partial charge in [0, 0.05) is 17.5 Å². The predicted molar refractivity (Wildman–Crippen MR) is 83.5 cm³/mol. The summed E-state index contributed by atoms with van der Waals surface area (Å²) in [5.41, 5.74) is 0.981. The Hall–Kier alpha value is -1.14. The number of amides is 2. The zero-order valence-electron chi connectivity index (χ0n) is 12.5. The molecule has 0 aromatic carbocycles. The van der Waals surface area contributed by atoms with Crippen molar-refractivity contribution in [2.24, 2.45) is 0 Å². The number of likely N-dealkylation sites (tertiary alicyclic amines) is 1. The minimum Gasteiger partial charge on any atom is -0.334 e. The van der Waals surface area contributed by atoms with Gasteiger partial charge < -0.3 is 10.2 Å². The molecule has 1 aliphatic rings. The predicted octanol–water partition coefficient (Wildman–Crippen LogP) is 2.76. The van der Waals surface area contributed by atoms with Gasteiger partial charge in [-0.1, -0.05) is 6.92 Å². The summed E-state index contributed by atoms with van der Waals surface area (Å²) >= 11 is 1.52. The lowest BCUT2D eigenvalue weighted by Gasteiger charge is -2.23. The average molecular weight is 296 g/mol. The number of hydrogen-bond acceptors (Lipinski definition) is 4. The van der Waals surface area contributed by atoms with Gasteiger partial charge in [0.2, 0.25) is 0 Å². The van der Waals surface area contributed by atoms with Crippen LogP contribution in [0.15, 0.2) is 0 Å². The molecule has 2 rings (SSSR count). The Bertz CT molecular complexity index is 435. The SMILES string of the molecule is CCC(CN1CCCC1)NC(=O)Nc1nc(C)c(C)s1. The van der Waals surface area contributed by atoms with Gasteiger partial charge in [-0.25, -0.2) is 9.78 Å². The molecule has 112 valence electrons. The Kier molecular flexibility index (Phi) is 5.37. The molecule has 1 saturated heterocycles. The van der Waals surface area contributed by atoms with E-state index < -0.39 is 0 Å². The molecule has 5 nitrogen and oxygen atoms in total. The summed E-state index contributed by atoms with van der Waals surface area (Å²) in [6.07, 6.45) is 3.50. The van der Waals surface area contributed by atoms with Gasteiger partial charge in [-0.3, -0.25) is 5.32 Å². The summed E-state index contributed by atoms with van der Waals surface area (Å²) in [7, 11) is 0. The normalized spacial score (nSPS) is 17.1. The molecule has 1 aliphatic heterocycles. The first-order chi connectivity index (χ1) is 9.58. The van der Waals surface area contributed by atoms with E-state index in [1.807, 2.05) is 13.8 Å². The summed E-state index contributed by atoms with van der Waals surface area (Å²) in [6, 6.07) is 0.0556. The number of hydrogen-bond donors (Lipinski definition) is 2. The van der Waals surface area contributed by atoms with Crippen molar-refractivity contribution in [3.05, 3.63) is 10.6 Å². The second-order valence-corrected chi connectivity index (χ2v) is 6.58. The van der Waals surface area contributed by atoms with Crippen molar-refractivity contribution in [2.75, 3.05) is 25.0 Å². The summed E-state index contributed by atoms with van der Waals surface area (Å²) in [6.45, 7) is 9.34. The van der Waals surface area contributed by atoms with Gasteiger partial charge in [-0.15, -0.1) is 11.3 Å². The van der Waals surface area contributed by atoms with Crippen molar-refractivity contribution >= 4 is 22.5 Å². The van der Waals surface area contributed by atoms with Crippen LogP contribution in [0.4, 0.5) is 9.93 Å². The Morgan fingerprint density at radius 1 is 1.40 bits per heavy atom. The summed E-state index contributed by atoms with van der Waals surface area (Å²) < 4.78 is 0. The maximum atomic E-state index is 12.0. The molecule has 0 radical (unpaired) electrons. The third kappa shape index (κ3) is 4.18. The fraction of sp³-hybridized carbons (Fsp3) is 0.714. The highest BCUT2D eigenvalue weighted by atomic mass is 32.1. The standard InChI is InChI=1S/C14H24N4OS/c1-4-12(9-18-7-5-6-8-18)16-13(19)17-14-15-10(2)11(3)20-14/h12H,4-9H2,1-3H3,(H2,15,16,17,19). The topological polar surface area (TPSA) is 57.3 Å². The second-order valence-electron chi connectivity index (χ2n) is 5.37. The molecule has 2 N–H and O–H groups in total. The highest BCUT2D eigenvalue weighted by Gasteiger charge is 2.18. The fourth-order valence-electron chi connectivity index (χ4n) is 2.40. The van der Waals surface area contributed by atoms with E-state index in [-0.39, 0.29) is 12.1 Å². The molecular weight excluding hydrogens is 272 g/mol. The quantitative estimate of drug-likeness (QED) is 0.878. The molecule has 0 spiro atoms. The van der Waals surface area contributed by atoms with Crippen LogP contribution in [0.2, 0.25) is 0 Å². The third-order valence-corrected chi connectivity index (χ3v) is 4.74. The number of rotatable bonds is 5. The van der Waals surface area contributed by atoms with Crippen LogP contribution in [0.3, 0.4) is 0 Å². The zero-order valence-corrected chi connectivity index (χ0v) is 13.3. The molecule has 0 bridgehead atoms. The number of thiazole rings is 1. The number of carbonyl (C=O) groups is 1. The number of urea groups is 1. The van der Waals surface area contributed by atoms with Gasteiger partial charge in [0.25, 0.3) is 0 Å². The van der Waals surface area contributed by atoms with E-state index in [9.17, 15) is 4.79 Å². The third-order valence-electron chi connectivity index (χ3n) is 3.75. The van der Waals surface area contributed by atoms with Crippen LogP contribution in [0.5, 0.6) is 0 Å². The Morgan fingerprint density at radius 2 is 2.10 bits per heavy atom. The first-order valence-corrected chi connectivity index (χ1v) is 8.14. The van der Waals surface area contributed by atoms with E-state index in [1.54, 1.807) is 0 Å². The Balaban J connectivity index is 1.82. The van der Waals surface area contributed by atoms with Crippen molar-refractivity contribution in [2.45, 2.75) is 46.1 Å². The molecule has 0 saturated carbocycles. The molecular formula is C14H24N4OS. The van der Waals surface area contributed by atoms with Crippen molar-refractivity contribution in [1.82, 2.24) is 15.2 Å². The lowest BCUT2D eigenvalue weighted by Crippen LogP contribution is -2.44. The number of carbonyl (C=O) groups excluding carboxylic acids is 1. The van der Waals surface area contributed by atoms with Crippen molar-refractivity contribution in [3.63, 3.8) is 0 Å². The lowest BCUT2D eigenvalue weighted by atomic mass is 10.2. The van der Waals surface area contributed by atoms with Gasteiger partial charge in [-0.2, -0.15) is 0 Å². The van der Waals surface area contributed by atoms with E-state index in [0.717, 1.165) is 36.6 Å². The fourth-order valence-corrected chi connectivity index (χ4v) is 3.21. The number of nitrogens with one attached hydrogen (secondary N) is 2. The molecule has 1 fully saturated rings. The van der Waals surface area contributed by atoms with Crippen LogP contribution in [0.1, 0.15) is 36.8 Å². The summed E-state index contributed by atoms with van der Waals surface area (Å²) in [4.78, 5) is 19.9. The van der Waals surface area contributed by atoms with Crippen LogP contribution in [0.25, 0.3) is 0 Å².